The summed E-state index contributed by atoms with van der Waals surface area (Å²) in [6.07, 6.45) is 19.0. The lowest BCUT2D eigenvalue weighted by atomic mass is 9.94. The minimum atomic E-state index is 0.371. The van der Waals surface area contributed by atoms with Crippen molar-refractivity contribution in [3.05, 3.63) is 0 Å². The summed E-state index contributed by atoms with van der Waals surface area (Å²) >= 11 is 0. The fraction of sp³-hybridized carbons (Fsp3) is 1.00. The van der Waals surface area contributed by atoms with E-state index in [1.54, 1.807) is 0 Å². The lowest BCUT2D eigenvalue weighted by Gasteiger charge is -2.31. The number of ether oxygens (including phenoxy) is 2. The Kier molecular flexibility index (Phi) is 13.2. The van der Waals surface area contributed by atoms with Crippen LogP contribution in [0.4, 0.5) is 0 Å². The zero-order valence-electron chi connectivity index (χ0n) is 15.3. The summed E-state index contributed by atoms with van der Waals surface area (Å²) in [5.41, 5.74) is 0. The maximum absolute atomic E-state index is 6.15. The number of rotatable bonds is 14. The van der Waals surface area contributed by atoms with E-state index in [2.05, 4.69) is 13.8 Å². The van der Waals surface area contributed by atoms with Crippen molar-refractivity contribution >= 4 is 0 Å². The molecule has 0 radical (unpaired) electrons. The second kappa shape index (κ2) is 14.5. The van der Waals surface area contributed by atoms with E-state index >= 15 is 0 Å². The summed E-state index contributed by atoms with van der Waals surface area (Å²) < 4.78 is 12.3. The van der Waals surface area contributed by atoms with E-state index in [-0.39, 0.29) is 0 Å². The van der Waals surface area contributed by atoms with Gasteiger partial charge in [0, 0.05) is 13.2 Å². The minimum Gasteiger partial charge on any atom is -0.376 e. The van der Waals surface area contributed by atoms with Crippen molar-refractivity contribution in [3.8, 4) is 0 Å². The highest BCUT2D eigenvalue weighted by Crippen LogP contribution is 2.24. The first kappa shape index (κ1) is 20.0. The molecule has 0 aromatic carbocycles. The molecule has 132 valence electrons. The number of unbranched alkanes of at least 4 members (excludes halogenated alkanes) is 8. The molecule has 2 atom stereocenters. The van der Waals surface area contributed by atoms with Gasteiger partial charge in [-0.3, -0.25) is 0 Å². The van der Waals surface area contributed by atoms with E-state index in [9.17, 15) is 0 Å². The van der Waals surface area contributed by atoms with Crippen molar-refractivity contribution < 1.29 is 9.47 Å². The molecule has 0 aromatic rings. The monoisotopic (exact) mass is 312 g/mol. The normalized spacial score (nSPS) is 22.1. The highest BCUT2D eigenvalue weighted by atomic mass is 16.5. The maximum atomic E-state index is 6.15. The fourth-order valence-electron chi connectivity index (χ4n) is 3.32. The van der Waals surface area contributed by atoms with Gasteiger partial charge in [0.25, 0.3) is 0 Å². The van der Waals surface area contributed by atoms with Crippen LogP contribution >= 0.6 is 0 Å². The molecule has 0 aromatic heterocycles. The lowest BCUT2D eigenvalue weighted by molar-refractivity contribution is -0.0934. The molecule has 1 aliphatic rings. The average Bonchev–Trinajstić information content (AvgIpc) is 2.55. The molecule has 1 rings (SSSR count). The Labute approximate surface area is 139 Å². The Morgan fingerprint density at radius 2 is 1.00 bits per heavy atom. The van der Waals surface area contributed by atoms with Crippen LogP contribution < -0.4 is 0 Å². The lowest BCUT2D eigenvalue weighted by Crippen LogP contribution is -2.35. The van der Waals surface area contributed by atoms with Gasteiger partial charge in [-0.2, -0.15) is 0 Å². The van der Waals surface area contributed by atoms with Crippen LogP contribution in [0.1, 0.15) is 104 Å². The van der Waals surface area contributed by atoms with E-state index < -0.39 is 0 Å². The first-order valence-corrected chi connectivity index (χ1v) is 10.1. The molecular weight excluding hydrogens is 272 g/mol. The Hall–Kier alpha value is -0.0800. The molecule has 22 heavy (non-hydrogen) atoms. The van der Waals surface area contributed by atoms with Gasteiger partial charge in [0.15, 0.2) is 0 Å². The Bertz CT molecular complexity index is 206. The van der Waals surface area contributed by atoms with Gasteiger partial charge in [-0.1, -0.05) is 78.1 Å². The van der Waals surface area contributed by atoms with Crippen molar-refractivity contribution in [1.82, 2.24) is 0 Å². The quantitative estimate of drug-likeness (QED) is 0.352. The van der Waals surface area contributed by atoms with E-state index in [0.29, 0.717) is 12.2 Å². The molecule has 0 aliphatic heterocycles. The van der Waals surface area contributed by atoms with Gasteiger partial charge in [0.2, 0.25) is 0 Å². The molecule has 0 N–H and O–H groups in total. The van der Waals surface area contributed by atoms with E-state index in [4.69, 9.17) is 9.47 Å². The Balaban J connectivity index is 2.06. The van der Waals surface area contributed by atoms with Crippen molar-refractivity contribution in [2.75, 3.05) is 13.2 Å². The molecule has 0 heterocycles. The maximum Gasteiger partial charge on any atom is 0.0836 e. The van der Waals surface area contributed by atoms with Crippen LogP contribution in [0.5, 0.6) is 0 Å². The minimum absolute atomic E-state index is 0.371. The molecule has 1 fully saturated rings. The van der Waals surface area contributed by atoms with Gasteiger partial charge in [0.05, 0.1) is 12.2 Å². The van der Waals surface area contributed by atoms with Gasteiger partial charge >= 0.3 is 0 Å². The summed E-state index contributed by atoms with van der Waals surface area (Å²) in [5, 5.41) is 0. The fourth-order valence-corrected chi connectivity index (χ4v) is 3.32. The second-order valence-corrected chi connectivity index (χ2v) is 6.93. The third-order valence-electron chi connectivity index (χ3n) is 4.80. The van der Waals surface area contributed by atoms with E-state index in [1.165, 1.54) is 89.9 Å². The Morgan fingerprint density at radius 1 is 0.591 bits per heavy atom. The molecule has 2 heteroatoms. The highest BCUT2D eigenvalue weighted by molar-refractivity contribution is 4.76. The van der Waals surface area contributed by atoms with Crippen LogP contribution in [-0.4, -0.2) is 25.4 Å². The smallest absolute Gasteiger partial charge is 0.0836 e. The predicted octanol–water partition coefficient (Wildman–Crippen LogP) is 6.27. The largest absolute Gasteiger partial charge is 0.376 e. The van der Waals surface area contributed by atoms with E-state index in [1.807, 2.05) is 0 Å². The molecule has 1 saturated carbocycles. The summed E-state index contributed by atoms with van der Waals surface area (Å²) in [6.45, 7) is 6.40. The van der Waals surface area contributed by atoms with Crippen LogP contribution in [0.25, 0.3) is 0 Å². The third-order valence-corrected chi connectivity index (χ3v) is 4.80. The molecule has 1 aliphatic carbocycles. The van der Waals surface area contributed by atoms with E-state index in [0.717, 1.165) is 13.2 Å². The van der Waals surface area contributed by atoms with Crippen LogP contribution in [0, 0.1) is 0 Å². The van der Waals surface area contributed by atoms with Gasteiger partial charge in [-0.15, -0.1) is 0 Å². The van der Waals surface area contributed by atoms with Crippen LogP contribution in [-0.2, 0) is 9.47 Å². The second-order valence-electron chi connectivity index (χ2n) is 6.93. The van der Waals surface area contributed by atoms with Crippen LogP contribution in [0.2, 0.25) is 0 Å². The van der Waals surface area contributed by atoms with Crippen LogP contribution in [0.3, 0.4) is 0 Å². The molecule has 0 amide bonds. The van der Waals surface area contributed by atoms with Crippen molar-refractivity contribution in [2.45, 2.75) is 116 Å². The van der Waals surface area contributed by atoms with Crippen LogP contribution in [0.15, 0.2) is 0 Å². The molecule has 2 unspecified atom stereocenters. The standard InChI is InChI=1S/C20H40O2/c1-3-5-7-9-13-17-21-19-15-11-12-16-20(19)22-18-14-10-8-6-4-2/h19-20H,3-18H2,1-2H3. The molecule has 0 bridgehead atoms. The van der Waals surface area contributed by atoms with Gasteiger partial charge in [-0.25, -0.2) is 0 Å². The number of hydrogen-bond donors (Lipinski definition) is 0. The Morgan fingerprint density at radius 3 is 1.41 bits per heavy atom. The predicted molar refractivity (Wildman–Crippen MR) is 95.5 cm³/mol. The van der Waals surface area contributed by atoms with Gasteiger partial charge < -0.3 is 9.47 Å². The summed E-state index contributed by atoms with van der Waals surface area (Å²) in [6, 6.07) is 0. The number of hydrogen-bond acceptors (Lipinski definition) is 2. The first-order valence-electron chi connectivity index (χ1n) is 10.1. The van der Waals surface area contributed by atoms with Crippen molar-refractivity contribution in [3.63, 3.8) is 0 Å². The summed E-state index contributed by atoms with van der Waals surface area (Å²) in [5.74, 6) is 0. The molecule has 0 saturated heterocycles. The zero-order valence-corrected chi connectivity index (χ0v) is 15.3. The molecule has 2 nitrogen and oxygen atoms in total. The highest BCUT2D eigenvalue weighted by Gasteiger charge is 2.26. The summed E-state index contributed by atoms with van der Waals surface area (Å²) in [7, 11) is 0. The van der Waals surface area contributed by atoms with Crippen molar-refractivity contribution in [2.24, 2.45) is 0 Å². The average molecular weight is 313 g/mol. The topological polar surface area (TPSA) is 18.5 Å². The third kappa shape index (κ3) is 9.84. The molecule has 0 spiro atoms. The summed E-state index contributed by atoms with van der Waals surface area (Å²) in [4.78, 5) is 0. The molecular formula is C20H40O2. The van der Waals surface area contributed by atoms with Gasteiger partial charge in [-0.05, 0) is 25.7 Å². The SMILES string of the molecule is CCCCCCCOC1CCCCC1OCCCCCCC. The van der Waals surface area contributed by atoms with Crippen molar-refractivity contribution in [1.29, 1.82) is 0 Å². The first-order chi connectivity index (χ1) is 10.9. The van der Waals surface area contributed by atoms with Gasteiger partial charge in [0.1, 0.15) is 0 Å². The zero-order chi connectivity index (χ0) is 15.9.